The molecule has 1 N–H and O–H groups in total. The van der Waals surface area contributed by atoms with E-state index in [1.807, 2.05) is 4.40 Å². The van der Waals surface area contributed by atoms with Gasteiger partial charge in [0.05, 0.1) is 11.9 Å². The predicted octanol–water partition coefficient (Wildman–Crippen LogP) is 3.07. The van der Waals surface area contributed by atoms with Gasteiger partial charge >= 0.3 is 0 Å². The van der Waals surface area contributed by atoms with Crippen molar-refractivity contribution < 1.29 is 4.39 Å². The van der Waals surface area contributed by atoms with Gasteiger partial charge in [-0.2, -0.15) is 0 Å². The van der Waals surface area contributed by atoms with Crippen LogP contribution in [0.2, 0.25) is 0 Å². The number of nitrogens with one attached hydrogen (secondary N) is 1. The highest BCUT2D eigenvalue weighted by molar-refractivity contribution is 5.77. The van der Waals surface area contributed by atoms with E-state index < -0.39 is 0 Å². The molecule has 1 aromatic carbocycles. The Hall–Kier alpha value is -3.35. The standard InChI is InChI=1S/C16H11FN6/c17-11-2-1-3-12(8-11)21-16-15(13-4-5-19-10-20-13)22-14-9-18-6-7-23(14)16/h1-10,21H. The fraction of sp³-hybridized carbons (Fsp3) is 0. The quantitative estimate of drug-likeness (QED) is 0.630. The number of fused-ring (bicyclic) bond motifs is 1. The maximum absolute atomic E-state index is 13.4. The molecule has 0 unspecified atom stereocenters. The molecular formula is C16H11FN6. The van der Waals surface area contributed by atoms with Crippen molar-refractivity contribution >= 4 is 17.2 Å². The van der Waals surface area contributed by atoms with Gasteiger partial charge in [-0.1, -0.05) is 6.07 Å². The maximum atomic E-state index is 13.4. The summed E-state index contributed by atoms with van der Waals surface area (Å²) in [7, 11) is 0. The summed E-state index contributed by atoms with van der Waals surface area (Å²) in [6.45, 7) is 0. The van der Waals surface area contributed by atoms with Gasteiger partial charge in [0.25, 0.3) is 0 Å². The lowest BCUT2D eigenvalue weighted by atomic mass is 10.2. The summed E-state index contributed by atoms with van der Waals surface area (Å²) in [6, 6.07) is 8.02. The van der Waals surface area contributed by atoms with Gasteiger partial charge in [-0.25, -0.2) is 19.3 Å². The third-order valence-electron chi connectivity index (χ3n) is 3.34. The van der Waals surface area contributed by atoms with Gasteiger partial charge in [0.15, 0.2) is 5.65 Å². The first-order valence-electron chi connectivity index (χ1n) is 6.92. The largest absolute Gasteiger partial charge is 0.339 e. The molecule has 0 radical (unpaired) electrons. The third-order valence-corrected chi connectivity index (χ3v) is 3.34. The van der Waals surface area contributed by atoms with Crippen LogP contribution in [-0.4, -0.2) is 24.3 Å². The molecule has 0 saturated carbocycles. The molecule has 3 aromatic heterocycles. The van der Waals surface area contributed by atoms with Crippen LogP contribution in [0.15, 0.2) is 61.4 Å². The van der Waals surface area contributed by atoms with Crippen LogP contribution in [-0.2, 0) is 0 Å². The highest BCUT2D eigenvalue weighted by Crippen LogP contribution is 2.29. The zero-order valence-electron chi connectivity index (χ0n) is 11.9. The first kappa shape index (κ1) is 13.3. The van der Waals surface area contributed by atoms with Crippen LogP contribution in [0, 0.1) is 5.82 Å². The molecule has 4 aromatic rings. The van der Waals surface area contributed by atoms with Gasteiger partial charge in [0.2, 0.25) is 0 Å². The van der Waals surface area contributed by atoms with Gasteiger partial charge in [-0.3, -0.25) is 9.38 Å². The Kier molecular flexibility index (Phi) is 3.16. The van der Waals surface area contributed by atoms with Crippen molar-refractivity contribution in [1.82, 2.24) is 24.3 Å². The Morgan fingerprint density at radius 3 is 2.87 bits per heavy atom. The SMILES string of the molecule is Fc1cccc(Nc2c(-c3ccncn3)nc3cnccn23)c1. The van der Waals surface area contributed by atoms with E-state index in [1.165, 1.54) is 18.5 Å². The molecule has 0 aliphatic rings. The zero-order valence-corrected chi connectivity index (χ0v) is 11.9. The lowest BCUT2D eigenvalue weighted by molar-refractivity contribution is 0.628. The average molecular weight is 306 g/mol. The molecular weight excluding hydrogens is 295 g/mol. The van der Waals surface area contributed by atoms with E-state index in [4.69, 9.17) is 0 Å². The van der Waals surface area contributed by atoms with E-state index >= 15 is 0 Å². The lowest BCUT2D eigenvalue weighted by Gasteiger charge is -2.08. The average Bonchev–Trinajstić information content (AvgIpc) is 2.95. The predicted molar refractivity (Wildman–Crippen MR) is 83.7 cm³/mol. The number of hydrogen-bond acceptors (Lipinski definition) is 5. The third kappa shape index (κ3) is 2.48. The van der Waals surface area contributed by atoms with Crippen molar-refractivity contribution in [2.24, 2.45) is 0 Å². The second-order valence-corrected chi connectivity index (χ2v) is 4.84. The van der Waals surface area contributed by atoms with E-state index in [0.717, 1.165) is 0 Å². The molecule has 0 spiro atoms. The Morgan fingerprint density at radius 2 is 2.04 bits per heavy atom. The van der Waals surface area contributed by atoms with E-state index in [1.54, 1.807) is 43.0 Å². The van der Waals surface area contributed by atoms with Crippen LogP contribution in [0.4, 0.5) is 15.9 Å². The van der Waals surface area contributed by atoms with Gasteiger partial charge in [0.1, 0.15) is 23.7 Å². The monoisotopic (exact) mass is 306 g/mol. The first-order chi connectivity index (χ1) is 11.3. The summed E-state index contributed by atoms with van der Waals surface area (Å²) in [6.07, 6.45) is 8.21. The molecule has 0 atom stereocenters. The molecule has 7 heteroatoms. The number of anilines is 2. The Bertz CT molecular complexity index is 967. The summed E-state index contributed by atoms with van der Waals surface area (Å²) in [4.78, 5) is 16.8. The van der Waals surface area contributed by atoms with E-state index in [0.29, 0.717) is 28.5 Å². The van der Waals surface area contributed by atoms with Crippen LogP contribution in [0.3, 0.4) is 0 Å². The van der Waals surface area contributed by atoms with E-state index in [-0.39, 0.29) is 5.82 Å². The Balaban J connectivity index is 1.89. The van der Waals surface area contributed by atoms with Crippen molar-refractivity contribution in [2.75, 3.05) is 5.32 Å². The molecule has 4 rings (SSSR count). The molecule has 23 heavy (non-hydrogen) atoms. The zero-order chi connectivity index (χ0) is 15.6. The minimum absolute atomic E-state index is 0.311. The number of halogens is 1. The van der Waals surface area contributed by atoms with Gasteiger partial charge in [-0.05, 0) is 24.3 Å². The summed E-state index contributed by atoms with van der Waals surface area (Å²) >= 11 is 0. The van der Waals surface area contributed by atoms with Gasteiger partial charge in [0, 0.05) is 24.3 Å². The summed E-state index contributed by atoms with van der Waals surface area (Å²) in [5.41, 5.74) is 2.60. The van der Waals surface area contributed by atoms with Gasteiger partial charge < -0.3 is 5.32 Å². The number of benzene rings is 1. The minimum Gasteiger partial charge on any atom is -0.339 e. The first-order valence-corrected chi connectivity index (χ1v) is 6.92. The number of hydrogen-bond donors (Lipinski definition) is 1. The van der Waals surface area contributed by atoms with E-state index in [9.17, 15) is 4.39 Å². The molecule has 112 valence electrons. The van der Waals surface area contributed by atoms with Crippen molar-refractivity contribution in [2.45, 2.75) is 0 Å². The second kappa shape index (κ2) is 5.45. The Labute approximate surface area is 130 Å². The molecule has 0 saturated heterocycles. The van der Waals surface area contributed by atoms with E-state index in [2.05, 4.69) is 25.3 Å². The van der Waals surface area contributed by atoms with Crippen LogP contribution in [0.25, 0.3) is 17.0 Å². The number of aromatic nitrogens is 5. The summed E-state index contributed by atoms with van der Waals surface area (Å²) in [5, 5.41) is 3.21. The highest BCUT2D eigenvalue weighted by atomic mass is 19.1. The molecule has 3 heterocycles. The lowest BCUT2D eigenvalue weighted by Crippen LogP contribution is -1.98. The fourth-order valence-corrected chi connectivity index (χ4v) is 2.34. The number of imidazole rings is 1. The molecule has 0 fully saturated rings. The van der Waals surface area contributed by atoms with Crippen molar-refractivity contribution in [3.8, 4) is 11.4 Å². The van der Waals surface area contributed by atoms with Crippen LogP contribution in [0.5, 0.6) is 0 Å². The fourth-order valence-electron chi connectivity index (χ4n) is 2.34. The van der Waals surface area contributed by atoms with Gasteiger partial charge in [-0.15, -0.1) is 0 Å². The molecule has 6 nitrogen and oxygen atoms in total. The molecule has 0 aliphatic heterocycles. The van der Waals surface area contributed by atoms with Crippen LogP contribution in [0.1, 0.15) is 0 Å². The second-order valence-electron chi connectivity index (χ2n) is 4.84. The molecule has 0 bridgehead atoms. The maximum Gasteiger partial charge on any atom is 0.157 e. The topological polar surface area (TPSA) is 68.0 Å². The summed E-state index contributed by atoms with van der Waals surface area (Å²) < 4.78 is 15.3. The van der Waals surface area contributed by atoms with Crippen molar-refractivity contribution in [3.63, 3.8) is 0 Å². The Morgan fingerprint density at radius 1 is 1.09 bits per heavy atom. The molecule has 0 aliphatic carbocycles. The summed E-state index contributed by atoms with van der Waals surface area (Å²) in [5.74, 6) is 0.376. The van der Waals surface area contributed by atoms with Crippen LogP contribution < -0.4 is 5.32 Å². The minimum atomic E-state index is -0.311. The number of nitrogens with zero attached hydrogens (tertiary/aromatic N) is 5. The number of rotatable bonds is 3. The van der Waals surface area contributed by atoms with Crippen molar-refractivity contribution in [1.29, 1.82) is 0 Å². The molecule has 0 amide bonds. The van der Waals surface area contributed by atoms with Crippen LogP contribution >= 0.6 is 0 Å². The highest BCUT2D eigenvalue weighted by Gasteiger charge is 2.15. The smallest absolute Gasteiger partial charge is 0.157 e. The van der Waals surface area contributed by atoms with Crippen molar-refractivity contribution in [3.05, 3.63) is 67.3 Å². The normalized spacial score (nSPS) is 10.8.